The largest absolute Gasteiger partial charge is 0.372 e. The van der Waals surface area contributed by atoms with E-state index in [-0.39, 0.29) is 24.3 Å². The van der Waals surface area contributed by atoms with E-state index >= 15 is 0 Å². The summed E-state index contributed by atoms with van der Waals surface area (Å²) < 4.78 is 0. The molecule has 1 aliphatic rings. The van der Waals surface area contributed by atoms with E-state index in [1.807, 2.05) is 44.4 Å². The lowest BCUT2D eigenvalue weighted by molar-refractivity contribution is -0.141. The highest BCUT2D eigenvalue weighted by Gasteiger charge is 2.41. The maximum absolute atomic E-state index is 12.5. The quantitative estimate of drug-likeness (QED) is 0.648. The molecule has 0 saturated carbocycles. The highest BCUT2D eigenvalue weighted by atomic mass is 32.2. The number of nitrogens with zero attached hydrogens (tertiary/aromatic N) is 1. The predicted molar refractivity (Wildman–Crippen MR) is 86.5 cm³/mol. The fraction of sp³-hybridized carbons (Fsp3) is 0.500. The van der Waals surface area contributed by atoms with Crippen molar-refractivity contribution < 1.29 is 9.59 Å². The lowest BCUT2D eigenvalue weighted by Crippen LogP contribution is -2.41. The van der Waals surface area contributed by atoms with Gasteiger partial charge in [-0.25, -0.2) is 0 Å². The van der Waals surface area contributed by atoms with Gasteiger partial charge in [-0.3, -0.25) is 14.5 Å². The van der Waals surface area contributed by atoms with Crippen LogP contribution in [-0.4, -0.2) is 35.1 Å². The Morgan fingerprint density at radius 2 is 1.95 bits per heavy atom. The van der Waals surface area contributed by atoms with Gasteiger partial charge in [0.15, 0.2) is 0 Å². The van der Waals surface area contributed by atoms with Crippen molar-refractivity contribution in [2.75, 3.05) is 11.6 Å². The van der Waals surface area contributed by atoms with Gasteiger partial charge in [0, 0.05) is 16.6 Å². The molecule has 2 rings (SSSR count). The van der Waals surface area contributed by atoms with E-state index in [1.165, 1.54) is 4.90 Å². The first kappa shape index (κ1) is 15.9. The van der Waals surface area contributed by atoms with Gasteiger partial charge in [-0.1, -0.05) is 26.0 Å². The molecule has 114 valence electrons. The Labute approximate surface area is 130 Å². The monoisotopic (exact) mass is 306 g/mol. The molecule has 1 heterocycles. The van der Waals surface area contributed by atoms with E-state index in [4.69, 9.17) is 0 Å². The molecule has 1 fully saturated rings. The minimum atomic E-state index is -0.439. The van der Waals surface area contributed by atoms with Crippen LogP contribution in [-0.2, 0) is 9.59 Å². The average Bonchev–Trinajstić information content (AvgIpc) is 2.77. The SMILES string of the molecule is CCC(CC)N1C(=O)CC(Nc2ccccc2SC)C1=O. The summed E-state index contributed by atoms with van der Waals surface area (Å²) in [5.41, 5.74) is 0.919. The molecule has 0 aliphatic carbocycles. The number of imide groups is 1. The molecule has 0 spiro atoms. The Morgan fingerprint density at radius 3 is 2.57 bits per heavy atom. The minimum absolute atomic E-state index is 0.0209. The smallest absolute Gasteiger partial charge is 0.252 e. The molecular formula is C16H22N2O2S. The molecule has 1 unspecified atom stereocenters. The third kappa shape index (κ3) is 3.23. The normalized spacial score (nSPS) is 18.7. The maximum atomic E-state index is 12.5. The molecule has 0 bridgehead atoms. The number of benzene rings is 1. The molecule has 1 N–H and O–H groups in total. The highest BCUT2D eigenvalue weighted by Crippen LogP contribution is 2.28. The fourth-order valence-electron chi connectivity index (χ4n) is 2.75. The average molecular weight is 306 g/mol. The highest BCUT2D eigenvalue weighted by molar-refractivity contribution is 7.98. The zero-order chi connectivity index (χ0) is 15.4. The van der Waals surface area contributed by atoms with E-state index < -0.39 is 6.04 Å². The second kappa shape index (κ2) is 6.98. The standard InChI is InChI=1S/C16H22N2O2S/c1-4-11(5-2)18-15(19)10-13(16(18)20)17-12-8-6-7-9-14(12)21-3/h6-9,11,13,17H,4-5,10H2,1-3H3. The molecule has 1 atom stereocenters. The van der Waals surface area contributed by atoms with Crippen LogP contribution in [0.3, 0.4) is 0 Å². The number of thioether (sulfide) groups is 1. The van der Waals surface area contributed by atoms with E-state index in [9.17, 15) is 9.59 Å². The number of rotatable bonds is 6. The summed E-state index contributed by atoms with van der Waals surface area (Å²) in [7, 11) is 0. The van der Waals surface area contributed by atoms with Crippen molar-refractivity contribution in [3.05, 3.63) is 24.3 Å². The van der Waals surface area contributed by atoms with E-state index in [1.54, 1.807) is 11.8 Å². The van der Waals surface area contributed by atoms with Crippen LogP contribution in [0.25, 0.3) is 0 Å². The number of hydrogen-bond acceptors (Lipinski definition) is 4. The van der Waals surface area contributed by atoms with Crippen molar-refractivity contribution in [3.63, 3.8) is 0 Å². The molecule has 1 aromatic rings. The number of carbonyl (C=O) groups excluding carboxylic acids is 2. The van der Waals surface area contributed by atoms with E-state index in [0.29, 0.717) is 0 Å². The van der Waals surface area contributed by atoms with Crippen LogP contribution in [0.15, 0.2) is 29.2 Å². The molecular weight excluding hydrogens is 284 g/mol. The molecule has 5 heteroatoms. The predicted octanol–water partition coefficient (Wildman–Crippen LogP) is 3.14. The number of hydrogen-bond donors (Lipinski definition) is 1. The van der Waals surface area contributed by atoms with Crippen LogP contribution in [0.5, 0.6) is 0 Å². The first-order chi connectivity index (χ1) is 10.1. The number of para-hydroxylation sites is 1. The number of nitrogens with one attached hydrogen (secondary N) is 1. The van der Waals surface area contributed by atoms with Gasteiger partial charge in [-0.2, -0.15) is 0 Å². The van der Waals surface area contributed by atoms with Crippen LogP contribution >= 0.6 is 11.8 Å². The molecule has 4 nitrogen and oxygen atoms in total. The van der Waals surface area contributed by atoms with Crippen LogP contribution in [0.2, 0.25) is 0 Å². The van der Waals surface area contributed by atoms with Crippen molar-refractivity contribution in [2.45, 2.75) is 50.1 Å². The summed E-state index contributed by atoms with van der Waals surface area (Å²) in [6.07, 6.45) is 3.86. The Bertz CT molecular complexity index is 529. The molecule has 2 amide bonds. The molecule has 1 saturated heterocycles. The summed E-state index contributed by atoms with van der Waals surface area (Å²) in [6.45, 7) is 4.02. The summed E-state index contributed by atoms with van der Waals surface area (Å²) in [4.78, 5) is 27.2. The van der Waals surface area contributed by atoms with Gasteiger partial charge in [0.2, 0.25) is 5.91 Å². The summed E-state index contributed by atoms with van der Waals surface area (Å²) in [5, 5.41) is 3.24. The van der Waals surface area contributed by atoms with Crippen molar-refractivity contribution in [1.82, 2.24) is 4.90 Å². The first-order valence-corrected chi connectivity index (χ1v) is 8.60. The lowest BCUT2D eigenvalue weighted by atomic mass is 10.1. The first-order valence-electron chi connectivity index (χ1n) is 7.37. The van der Waals surface area contributed by atoms with Gasteiger partial charge < -0.3 is 5.32 Å². The van der Waals surface area contributed by atoms with Crippen LogP contribution in [0.4, 0.5) is 5.69 Å². The molecule has 1 aromatic carbocycles. The second-order valence-electron chi connectivity index (χ2n) is 5.17. The number of carbonyl (C=O) groups is 2. The zero-order valence-corrected chi connectivity index (χ0v) is 13.6. The third-order valence-corrected chi connectivity index (χ3v) is 4.72. The summed E-state index contributed by atoms with van der Waals surface area (Å²) >= 11 is 1.62. The molecule has 0 radical (unpaired) electrons. The van der Waals surface area contributed by atoms with Crippen LogP contribution < -0.4 is 5.32 Å². The Kier molecular flexibility index (Phi) is 5.28. The van der Waals surface area contributed by atoms with Crippen molar-refractivity contribution in [3.8, 4) is 0 Å². The van der Waals surface area contributed by atoms with Gasteiger partial charge in [-0.15, -0.1) is 11.8 Å². The van der Waals surface area contributed by atoms with Crippen molar-refractivity contribution in [1.29, 1.82) is 0 Å². The Morgan fingerprint density at radius 1 is 1.29 bits per heavy atom. The van der Waals surface area contributed by atoms with Crippen LogP contribution in [0, 0.1) is 0 Å². The minimum Gasteiger partial charge on any atom is -0.372 e. The van der Waals surface area contributed by atoms with Crippen molar-refractivity contribution >= 4 is 29.3 Å². The van der Waals surface area contributed by atoms with E-state index in [0.717, 1.165) is 23.4 Å². The summed E-state index contributed by atoms with van der Waals surface area (Å²) in [5.74, 6) is -0.155. The van der Waals surface area contributed by atoms with E-state index in [2.05, 4.69) is 5.32 Å². The lowest BCUT2D eigenvalue weighted by Gasteiger charge is -2.24. The fourth-order valence-corrected chi connectivity index (χ4v) is 3.31. The number of amides is 2. The van der Waals surface area contributed by atoms with Gasteiger partial charge in [0.25, 0.3) is 5.91 Å². The molecule has 21 heavy (non-hydrogen) atoms. The van der Waals surface area contributed by atoms with Gasteiger partial charge in [0.05, 0.1) is 6.42 Å². The Hall–Kier alpha value is -1.49. The molecule has 1 aliphatic heterocycles. The maximum Gasteiger partial charge on any atom is 0.252 e. The zero-order valence-electron chi connectivity index (χ0n) is 12.8. The second-order valence-corrected chi connectivity index (χ2v) is 6.02. The number of likely N-dealkylation sites (tertiary alicyclic amines) is 1. The number of anilines is 1. The van der Waals surface area contributed by atoms with Crippen LogP contribution in [0.1, 0.15) is 33.1 Å². The topological polar surface area (TPSA) is 49.4 Å². The molecule has 0 aromatic heterocycles. The van der Waals surface area contributed by atoms with Crippen molar-refractivity contribution in [2.24, 2.45) is 0 Å². The Balaban J connectivity index is 2.16. The summed E-state index contributed by atoms with van der Waals surface area (Å²) in [6, 6.07) is 7.44. The van der Waals surface area contributed by atoms with Gasteiger partial charge >= 0.3 is 0 Å². The van der Waals surface area contributed by atoms with Gasteiger partial charge in [-0.05, 0) is 31.2 Å². The van der Waals surface area contributed by atoms with Gasteiger partial charge in [0.1, 0.15) is 6.04 Å². The third-order valence-electron chi connectivity index (χ3n) is 3.93.